The number of carbonyl (C=O) groups is 1. The molecule has 0 saturated carbocycles. The maximum absolute atomic E-state index is 10.8. The van der Waals surface area contributed by atoms with Gasteiger partial charge in [0.05, 0.1) is 12.4 Å². The number of rotatable bonds is 8. The second-order valence-corrected chi connectivity index (χ2v) is 5.13. The number of methoxy groups -OCH3 is 1. The molecule has 100 valence electrons. The van der Waals surface area contributed by atoms with Gasteiger partial charge in [-0.15, -0.1) is 11.8 Å². The Morgan fingerprint density at radius 1 is 1.56 bits per heavy atom. The zero-order valence-electron chi connectivity index (χ0n) is 10.2. The van der Waals surface area contributed by atoms with Crippen LogP contribution in [0.1, 0.15) is 5.56 Å². The maximum atomic E-state index is 10.8. The van der Waals surface area contributed by atoms with Crippen molar-refractivity contribution in [2.75, 3.05) is 26.0 Å². The Bertz CT molecular complexity index is 402. The lowest BCUT2D eigenvalue weighted by Crippen LogP contribution is -2.19. The van der Waals surface area contributed by atoms with E-state index < -0.39 is 0 Å². The molecule has 0 aromatic heterocycles. The van der Waals surface area contributed by atoms with E-state index in [2.05, 4.69) is 5.32 Å². The van der Waals surface area contributed by atoms with Crippen molar-refractivity contribution in [3.05, 3.63) is 28.8 Å². The Balaban J connectivity index is 2.61. The van der Waals surface area contributed by atoms with Gasteiger partial charge in [0.15, 0.2) is 0 Å². The van der Waals surface area contributed by atoms with Crippen LogP contribution in [0.4, 0.5) is 0 Å². The summed E-state index contributed by atoms with van der Waals surface area (Å²) >= 11 is 7.35. The topological polar surface area (TPSA) is 64.3 Å². The largest absolute Gasteiger partial charge is 0.383 e. The van der Waals surface area contributed by atoms with Crippen LogP contribution in [-0.2, 0) is 16.1 Å². The molecule has 0 aliphatic rings. The fourth-order valence-corrected chi connectivity index (χ4v) is 2.43. The van der Waals surface area contributed by atoms with Crippen molar-refractivity contribution in [2.45, 2.75) is 11.4 Å². The number of amides is 1. The third kappa shape index (κ3) is 5.73. The summed E-state index contributed by atoms with van der Waals surface area (Å²) in [6.07, 6.45) is 0. The highest BCUT2D eigenvalue weighted by atomic mass is 35.5. The lowest BCUT2D eigenvalue weighted by atomic mass is 10.2. The van der Waals surface area contributed by atoms with Crippen molar-refractivity contribution < 1.29 is 9.53 Å². The van der Waals surface area contributed by atoms with Gasteiger partial charge in [-0.05, 0) is 17.7 Å². The summed E-state index contributed by atoms with van der Waals surface area (Å²) in [5.41, 5.74) is 6.24. The molecule has 18 heavy (non-hydrogen) atoms. The molecule has 1 rings (SSSR count). The molecule has 0 unspecified atom stereocenters. The Morgan fingerprint density at radius 2 is 2.33 bits per heavy atom. The molecule has 0 heterocycles. The first-order valence-corrected chi connectivity index (χ1v) is 6.89. The standard InChI is InChI=1S/C12H17ClN2O2S/c1-17-5-4-15-7-9-2-3-10(13)6-11(9)18-8-12(14)16/h2-3,6,15H,4-5,7-8H2,1H3,(H2,14,16). The molecular formula is C12H17ClN2O2S. The third-order valence-electron chi connectivity index (χ3n) is 2.20. The summed E-state index contributed by atoms with van der Waals surface area (Å²) in [7, 11) is 1.66. The summed E-state index contributed by atoms with van der Waals surface area (Å²) in [5, 5.41) is 3.91. The molecule has 0 bridgehead atoms. The number of nitrogens with one attached hydrogen (secondary N) is 1. The van der Waals surface area contributed by atoms with E-state index in [1.54, 1.807) is 7.11 Å². The van der Waals surface area contributed by atoms with Crippen LogP contribution in [0.15, 0.2) is 23.1 Å². The van der Waals surface area contributed by atoms with Crippen LogP contribution >= 0.6 is 23.4 Å². The SMILES string of the molecule is COCCNCc1ccc(Cl)cc1SCC(N)=O. The predicted molar refractivity (Wildman–Crippen MR) is 75.0 cm³/mol. The molecule has 0 fully saturated rings. The molecule has 0 spiro atoms. The fourth-order valence-electron chi connectivity index (χ4n) is 1.35. The Morgan fingerprint density at radius 3 is 3.00 bits per heavy atom. The van der Waals surface area contributed by atoms with E-state index in [1.165, 1.54) is 11.8 Å². The predicted octanol–water partition coefficient (Wildman–Crippen LogP) is 1.65. The molecule has 0 radical (unpaired) electrons. The highest BCUT2D eigenvalue weighted by Gasteiger charge is 2.06. The number of nitrogens with two attached hydrogens (primary N) is 1. The van der Waals surface area contributed by atoms with Gasteiger partial charge in [0.2, 0.25) is 5.91 Å². The number of ether oxygens (including phenoxy) is 1. The number of hydrogen-bond acceptors (Lipinski definition) is 4. The van der Waals surface area contributed by atoms with Gasteiger partial charge in [-0.3, -0.25) is 4.79 Å². The number of primary amides is 1. The number of halogens is 1. The lowest BCUT2D eigenvalue weighted by Gasteiger charge is -2.10. The second-order valence-electron chi connectivity index (χ2n) is 3.68. The fraction of sp³-hybridized carbons (Fsp3) is 0.417. The van der Waals surface area contributed by atoms with Crippen molar-refractivity contribution in [3.8, 4) is 0 Å². The molecule has 6 heteroatoms. The van der Waals surface area contributed by atoms with Crippen molar-refractivity contribution in [1.82, 2.24) is 5.32 Å². The average Bonchev–Trinajstić information content (AvgIpc) is 2.34. The molecule has 1 aromatic carbocycles. The molecule has 1 amide bonds. The zero-order chi connectivity index (χ0) is 13.4. The Hall–Kier alpha value is -0.750. The van der Waals surface area contributed by atoms with E-state index in [9.17, 15) is 4.79 Å². The average molecular weight is 289 g/mol. The summed E-state index contributed by atoms with van der Waals surface area (Å²) in [6, 6.07) is 5.64. The van der Waals surface area contributed by atoms with Crippen LogP contribution in [0.2, 0.25) is 5.02 Å². The van der Waals surface area contributed by atoms with Gasteiger partial charge in [0, 0.05) is 30.1 Å². The van der Waals surface area contributed by atoms with Crippen molar-refractivity contribution >= 4 is 29.3 Å². The molecule has 0 saturated heterocycles. The zero-order valence-corrected chi connectivity index (χ0v) is 11.8. The highest BCUT2D eigenvalue weighted by Crippen LogP contribution is 2.26. The van der Waals surface area contributed by atoms with E-state index in [0.29, 0.717) is 18.2 Å². The highest BCUT2D eigenvalue weighted by molar-refractivity contribution is 8.00. The van der Waals surface area contributed by atoms with E-state index in [4.69, 9.17) is 22.1 Å². The van der Waals surface area contributed by atoms with E-state index >= 15 is 0 Å². The van der Waals surface area contributed by atoms with Crippen LogP contribution in [0.5, 0.6) is 0 Å². The van der Waals surface area contributed by atoms with Crippen LogP contribution in [0, 0.1) is 0 Å². The minimum Gasteiger partial charge on any atom is -0.383 e. The molecule has 0 aliphatic heterocycles. The van der Waals surface area contributed by atoms with Crippen LogP contribution in [0.3, 0.4) is 0 Å². The molecule has 0 aliphatic carbocycles. The summed E-state index contributed by atoms with van der Waals surface area (Å²) in [5.74, 6) is -0.0796. The third-order valence-corrected chi connectivity index (χ3v) is 3.55. The second kappa shape index (κ2) is 8.37. The molecule has 1 aromatic rings. The van der Waals surface area contributed by atoms with Gasteiger partial charge in [-0.25, -0.2) is 0 Å². The summed E-state index contributed by atoms with van der Waals surface area (Å²) < 4.78 is 4.96. The van der Waals surface area contributed by atoms with Crippen molar-refractivity contribution in [3.63, 3.8) is 0 Å². The Kier molecular flexibility index (Phi) is 7.12. The van der Waals surface area contributed by atoms with Gasteiger partial charge < -0.3 is 15.8 Å². The molecular weight excluding hydrogens is 272 g/mol. The number of thioether (sulfide) groups is 1. The van der Waals surface area contributed by atoms with Gasteiger partial charge in [-0.1, -0.05) is 17.7 Å². The van der Waals surface area contributed by atoms with E-state index in [1.807, 2.05) is 18.2 Å². The normalized spacial score (nSPS) is 10.6. The molecule has 3 N–H and O–H groups in total. The smallest absolute Gasteiger partial charge is 0.227 e. The monoisotopic (exact) mass is 288 g/mol. The summed E-state index contributed by atoms with van der Waals surface area (Å²) in [4.78, 5) is 11.8. The van der Waals surface area contributed by atoms with Crippen molar-refractivity contribution in [2.24, 2.45) is 5.73 Å². The van der Waals surface area contributed by atoms with Crippen LogP contribution < -0.4 is 11.1 Å². The first-order valence-electron chi connectivity index (χ1n) is 5.52. The van der Waals surface area contributed by atoms with Crippen molar-refractivity contribution in [1.29, 1.82) is 0 Å². The summed E-state index contributed by atoms with van der Waals surface area (Å²) in [6.45, 7) is 2.15. The van der Waals surface area contributed by atoms with Gasteiger partial charge >= 0.3 is 0 Å². The quantitative estimate of drug-likeness (QED) is 0.564. The van der Waals surface area contributed by atoms with Gasteiger partial charge in [0.1, 0.15) is 0 Å². The lowest BCUT2D eigenvalue weighted by molar-refractivity contribution is -0.115. The minimum absolute atomic E-state index is 0.255. The van der Waals surface area contributed by atoms with E-state index in [-0.39, 0.29) is 11.7 Å². The van der Waals surface area contributed by atoms with Gasteiger partial charge in [-0.2, -0.15) is 0 Å². The van der Waals surface area contributed by atoms with Gasteiger partial charge in [0.25, 0.3) is 0 Å². The first-order chi connectivity index (χ1) is 8.63. The van der Waals surface area contributed by atoms with Crippen LogP contribution in [0.25, 0.3) is 0 Å². The minimum atomic E-state index is -0.335. The number of hydrogen-bond donors (Lipinski definition) is 2. The first kappa shape index (κ1) is 15.3. The van der Waals surface area contributed by atoms with Crippen LogP contribution in [-0.4, -0.2) is 31.9 Å². The van der Waals surface area contributed by atoms with E-state index in [0.717, 1.165) is 17.0 Å². The maximum Gasteiger partial charge on any atom is 0.227 e. The number of carbonyl (C=O) groups excluding carboxylic acids is 1. The number of benzene rings is 1. The Labute approximate surface area is 116 Å². The molecule has 4 nitrogen and oxygen atoms in total. The molecule has 0 atom stereocenters.